The lowest BCUT2D eigenvalue weighted by Gasteiger charge is -2.35. The summed E-state index contributed by atoms with van der Waals surface area (Å²) in [5.74, 6) is 0. The van der Waals surface area contributed by atoms with Crippen molar-refractivity contribution in [2.75, 3.05) is 0 Å². The van der Waals surface area contributed by atoms with Crippen molar-refractivity contribution in [1.82, 2.24) is 0 Å². The van der Waals surface area contributed by atoms with E-state index in [0.717, 1.165) is 0 Å². The Balaban J connectivity index is 3.03. The smallest absolute Gasteiger partial charge is 0.117 e. The van der Waals surface area contributed by atoms with Gasteiger partial charge in [-0.1, -0.05) is 41.5 Å². The zero-order valence-corrected chi connectivity index (χ0v) is 11.5. The van der Waals surface area contributed by atoms with Crippen molar-refractivity contribution in [3.05, 3.63) is 0 Å². The zero-order chi connectivity index (χ0) is 12.9. The lowest BCUT2D eigenvalue weighted by atomic mass is 9.75. The van der Waals surface area contributed by atoms with Gasteiger partial charge < -0.3 is 14.9 Å². The molecule has 0 aliphatic carbocycles. The van der Waals surface area contributed by atoms with E-state index in [1.54, 1.807) is 6.92 Å². The molecule has 4 unspecified atom stereocenters. The van der Waals surface area contributed by atoms with Crippen molar-refractivity contribution in [3.63, 3.8) is 0 Å². The predicted octanol–water partition coefficient (Wildman–Crippen LogP) is 1.96. The highest BCUT2D eigenvalue weighted by atomic mass is 16.6. The normalized spacial score (nSPS) is 41.4. The molecule has 1 fully saturated rings. The van der Waals surface area contributed by atoms with Crippen LogP contribution in [-0.4, -0.2) is 34.1 Å². The van der Waals surface area contributed by atoms with Crippen LogP contribution in [0.1, 0.15) is 48.5 Å². The summed E-state index contributed by atoms with van der Waals surface area (Å²) >= 11 is 0. The van der Waals surface area contributed by atoms with E-state index < -0.39 is 11.7 Å². The molecule has 1 rings (SSSR count). The highest BCUT2D eigenvalue weighted by Gasteiger charge is 2.58. The highest BCUT2D eigenvalue weighted by Crippen LogP contribution is 2.45. The van der Waals surface area contributed by atoms with Crippen LogP contribution in [0.25, 0.3) is 0 Å². The lowest BCUT2D eigenvalue weighted by Crippen LogP contribution is -2.51. The molecule has 0 aromatic heterocycles. The lowest BCUT2D eigenvalue weighted by molar-refractivity contribution is -0.108. The van der Waals surface area contributed by atoms with Gasteiger partial charge in [-0.2, -0.15) is 0 Å². The molecular weight excluding hydrogens is 204 g/mol. The monoisotopic (exact) mass is 230 g/mol. The van der Waals surface area contributed by atoms with Crippen LogP contribution in [0.3, 0.4) is 0 Å². The summed E-state index contributed by atoms with van der Waals surface area (Å²) < 4.78 is 5.92. The van der Waals surface area contributed by atoms with E-state index in [4.69, 9.17) is 4.74 Å². The Kier molecular flexibility index (Phi) is 3.21. The van der Waals surface area contributed by atoms with Gasteiger partial charge in [0.2, 0.25) is 0 Å². The van der Waals surface area contributed by atoms with Gasteiger partial charge in [-0.25, -0.2) is 0 Å². The average molecular weight is 230 g/mol. The van der Waals surface area contributed by atoms with E-state index in [0.29, 0.717) is 0 Å². The number of rotatable bonds is 0. The Labute approximate surface area is 98.8 Å². The molecule has 4 atom stereocenters. The fourth-order valence-electron chi connectivity index (χ4n) is 2.58. The molecule has 1 aliphatic heterocycles. The molecule has 2 N–H and O–H groups in total. The third-order valence-corrected chi connectivity index (χ3v) is 3.34. The molecule has 3 heteroatoms. The average Bonchev–Trinajstić information content (AvgIpc) is 2.20. The number of aliphatic hydroxyl groups is 2. The molecule has 0 aromatic carbocycles. The van der Waals surface area contributed by atoms with E-state index in [1.807, 2.05) is 41.5 Å². The molecule has 0 radical (unpaired) electrons. The largest absolute Gasteiger partial charge is 0.387 e. The number of aliphatic hydroxyl groups excluding tert-OH is 1. The van der Waals surface area contributed by atoms with Gasteiger partial charge in [0.1, 0.15) is 11.7 Å². The zero-order valence-electron chi connectivity index (χ0n) is 11.5. The summed E-state index contributed by atoms with van der Waals surface area (Å²) in [6, 6.07) is 0. The second kappa shape index (κ2) is 3.69. The third-order valence-electron chi connectivity index (χ3n) is 3.34. The Morgan fingerprint density at radius 2 is 1.44 bits per heavy atom. The molecular formula is C13H26O3. The van der Waals surface area contributed by atoms with E-state index in [2.05, 4.69) is 0 Å². The highest BCUT2D eigenvalue weighted by molar-refractivity contribution is 5.07. The summed E-state index contributed by atoms with van der Waals surface area (Å²) in [4.78, 5) is 0. The van der Waals surface area contributed by atoms with Crippen LogP contribution in [0, 0.1) is 10.8 Å². The minimum Gasteiger partial charge on any atom is -0.387 e. The Bertz CT molecular complexity index is 257. The fourth-order valence-corrected chi connectivity index (χ4v) is 2.58. The maximum absolute atomic E-state index is 10.4. The SMILES string of the molecule is CC(C)(C)C1OC(C(C)(C)C)C(C)(O)C1O. The van der Waals surface area contributed by atoms with Gasteiger partial charge in [0.15, 0.2) is 0 Å². The first kappa shape index (κ1) is 13.9. The van der Waals surface area contributed by atoms with Gasteiger partial charge in [-0.15, -0.1) is 0 Å². The molecule has 0 bridgehead atoms. The molecule has 0 amide bonds. The molecule has 1 aliphatic rings. The van der Waals surface area contributed by atoms with E-state index in [-0.39, 0.29) is 23.0 Å². The summed E-state index contributed by atoms with van der Waals surface area (Å²) in [5.41, 5.74) is -1.55. The van der Waals surface area contributed by atoms with Gasteiger partial charge in [-0.05, 0) is 17.8 Å². The first-order chi connectivity index (χ1) is 6.88. The Morgan fingerprint density at radius 1 is 1.00 bits per heavy atom. The minimum absolute atomic E-state index is 0.177. The van der Waals surface area contributed by atoms with Crippen molar-refractivity contribution in [2.45, 2.75) is 72.4 Å². The van der Waals surface area contributed by atoms with Gasteiger partial charge in [0.25, 0.3) is 0 Å². The van der Waals surface area contributed by atoms with Crippen LogP contribution >= 0.6 is 0 Å². The maximum Gasteiger partial charge on any atom is 0.117 e. The van der Waals surface area contributed by atoms with Crippen LogP contribution in [0.5, 0.6) is 0 Å². The summed E-state index contributed by atoms with van der Waals surface area (Å²) in [5, 5.41) is 20.6. The Hall–Kier alpha value is -0.120. The molecule has 16 heavy (non-hydrogen) atoms. The molecule has 0 spiro atoms. The standard InChI is InChI=1S/C13H26O3/c1-11(2,3)9-8(14)13(7,15)10(16-9)12(4,5)6/h8-10,14-15H,1-7H3. The van der Waals surface area contributed by atoms with Crippen LogP contribution in [0.2, 0.25) is 0 Å². The summed E-state index contributed by atoms with van der Waals surface area (Å²) in [7, 11) is 0. The van der Waals surface area contributed by atoms with E-state index >= 15 is 0 Å². The van der Waals surface area contributed by atoms with Crippen LogP contribution < -0.4 is 0 Å². The van der Waals surface area contributed by atoms with Gasteiger partial charge in [-0.3, -0.25) is 0 Å². The molecule has 1 saturated heterocycles. The quantitative estimate of drug-likeness (QED) is 0.669. The van der Waals surface area contributed by atoms with Gasteiger partial charge in [0.05, 0.1) is 12.2 Å². The van der Waals surface area contributed by atoms with Gasteiger partial charge in [0, 0.05) is 0 Å². The van der Waals surface area contributed by atoms with E-state index in [1.165, 1.54) is 0 Å². The second-order valence-corrected chi connectivity index (χ2v) is 7.34. The van der Waals surface area contributed by atoms with Crippen LogP contribution in [0.15, 0.2) is 0 Å². The van der Waals surface area contributed by atoms with Crippen molar-refractivity contribution in [3.8, 4) is 0 Å². The van der Waals surface area contributed by atoms with Gasteiger partial charge >= 0.3 is 0 Å². The van der Waals surface area contributed by atoms with E-state index in [9.17, 15) is 10.2 Å². The molecule has 96 valence electrons. The number of hydrogen-bond acceptors (Lipinski definition) is 3. The van der Waals surface area contributed by atoms with Crippen LogP contribution in [0.4, 0.5) is 0 Å². The number of hydrogen-bond donors (Lipinski definition) is 2. The number of ether oxygens (including phenoxy) is 1. The first-order valence-corrected chi connectivity index (χ1v) is 5.94. The third kappa shape index (κ3) is 2.27. The predicted molar refractivity (Wildman–Crippen MR) is 64.2 cm³/mol. The molecule has 3 nitrogen and oxygen atoms in total. The minimum atomic E-state index is -1.18. The topological polar surface area (TPSA) is 49.7 Å². The molecule has 0 saturated carbocycles. The molecule has 1 heterocycles. The molecule has 0 aromatic rings. The first-order valence-electron chi connectivity index (χ1n) is 5.94. The van der Waals surface area contributed by atoms with Crippen molar-refractivity contribution in [1.29, 1.82) is 0 Å². The van der Waals surface area contributed by atoms with Crippen molar-refractivity contribution >= 4 is 0 Å². The second-order valence-electron chi connectivity index (χ2n) is 7.34. The summed E-state index contributed by atoms with van der Waals surface area (Å²) in [6.45, 7) is 13.8. The maximum atomic E-state index is 10.4. The Morgan fingerprint density at radius 3 is 1.62 bits per heavy atom. The van der Waals surface area contributed by atoms with Crippen LogP contribution in [-0.2, 0) is 4.74 Å². The summed E-state index contributed by atoms with van der Waals surface area (Å²) in [6.07, 6.45) is -1.51. The van der Waals surface area contributed by atoms with Crippen molar-refractivity contribution in [2.24, 2.45) is 10.8 Å². The van der Waals surface area contributed by atoms with Crippen molar-refractivity contribution < 1.29 is 14.9 Å². The fraction of sp³-hybridized carbons (Fsp3) is 1.00.